The molecule has 0 spiro atoms. The van der Waals surface area contributed by atoms with Crippen LogP contribution >= 0.6 is 0 Å². The molecule has 2 saturated carbocycles. The molecule has 0 radical (unpaired) electrons. The van der Waals surface area contributed by atoms with E-state index in [-0.39, 0.29) is 6.10 Å². The number of unbranched alkanes of at least 4 members (excludes halogenated alkanes) is 2. The van der Waals surface area contributed by atoms with Crippen LogP contribution in [-0.2, 0) is 0 Å². The summed E-state index contributed by atoms with van der Waals surface area (Å²) in [5, 5.41) is 9.05. The quantitative estimate of drug-likeness (QED) is 0.155. The molecule has 0 aromatic rings. The molecule has 0 aromatic heterocycles. The van der Waals surface area contributed by atoms with Crippen molar-refractivity contribution < 1.29 is 5.11 Å². The molecule has 1 nitrogen and oxygen atoms in total. The summed E-state index contributed by atoms with van der Waals surface area (Å²) in [7, 11) is 0. The van der Waals surface area contributed by atoms with Gasteiger partial charge in [0, 0.05) is 0 Å². The standard InChI is InChI=1S/2C9H18.C7H16O.2C7H14.3C2H6/c2*1-4-6-8-9(3)7-5-2;1-3-5-7(8)6-4-2;1-3-7(2)5-4-6-7;1-2-4-7-5-3-6-7;3*1-2/h2*5,9H,2,4,6-8H2,1,3H3;7-8H,3-6H2,1-2H3;3-6H2,1-2H3;7H,2-6H2,1H3;3*1-2H3. The lowest BCUT2D eigenvalue weighted by Gasteiger charge is -2.37. The number of allylic oxidation sites excluding steroid dienone is 2. The lowest BCUT2D eigenvalue weighted by atomic mass is 9.69. The molecule has 0 amide bonds. The van der Waals surface area contributed by atoms with Gasteiger partial charge >= 0.3 is 0 Å². The molecule has 0 heterocycles. The Morgan fingerprint density at radius 3 is 1.17 bits per heavy atom. The van der Waals surface area contributed by atoms with Gasteiger partial charge in [0.15, 0.2) is 0 Å². The van der Waals surface area contributed by atoms with E-state index in [2.05, 4.69) is 75.5 Å². The van der Waals surface area contributed by atoms with Crippen LogP contribution < -0.4 is 0 Å². The second kappa shape index (κ2) is 51.3. The fraction of sp³-hybridized carbons (Fsp3) is 0.911. The van der Waals surface area contributed by atoms with Crippen molar-refractivity contribution in [3.05, 3.63) is 25.3 Å². The van der Waals surface area contributed by atoms with Crippen LogP contribution in [0.1, 0.15) is 239 Å². The monoisotopic (exact) mass is 655 g/mol. The maximum Gasteiger partial charge on any atom is 0.0540 e. The molecule has 2 rings (SSSR count). The summed E-state index contributed by atoms with van der Waals surface area (Å²) in [4.78, 5) is 0. The third-order valence-electron chi connectivity index (χ3n) is 8.82. The van der Waals surface area contributed by atoms with Crippen molar-refractivity contribution in [2.45, 2.75) is 245 Å². The SMILES string of the molecule is C=CCC(C)CCCC.C=CCC(C)CCCC.CC.CC.CC.CCC1(C)CCC1.CCCC(O)CCC.CCCC1CCC1. The van der Waals surface area contributed by atoms with Crippen LogP contribution in [0.2, 0.25) is 0 Å². The van der Waals surface area contributed by atoms with Crippen LogP contribution in [0.4, 0.5) is 0 Å². The summed E-state index contributed by atoms with van der Waals surface area (Å²) >= 11 is 0. The Morgan fingerprint density at radius 2 is 1.02 bits per heavy atom. The highest BCUT2D eigenvalue weighted by Crippen LogP contribution is 2.42. The molecule has 0 aromatic carbocycles. The maximum atomic E-state index is 9.05. The van der Waals surface area contributed by atoms with E-state index in [1.54, 1.807) is 0 Å². The van der Waals surface area contributed by atoms with Crippen molar-refractivity contribution in [2.24, 2.45) is 23.2 Å². The zero-order valence-electron chi connectivity index (χ0n) is 35.7. The van der Waals surface area contributed by atoms with Gasteiger partial charge in [0.25, 0.3) is 0 Å². The van der Waals surface area contributed by atoms with E-state index in [0.29, 0.717) is 0 Å². The van der Waals surface area contributed by atoms with Crippen molar-refractivity contribution in [1.82, 2.24) is 0 Å². The Kier molecular flexibility index (Phi) is 64.3. The van der Waals surface area contributed by atoms with Gasteiger partial charge in [-0.2, -0.15) is 0 Å². The topological polar surface area (TPSA) is 20.2 Å². The largest absolute Gasteiger partial charge is 0.393 e. The molecule has 2 atom stereocenters. The average molecular weight is 655 g/mol. The Labute approximate surface area is 297 Å². The van der Waals surface area contributed by atoms with Gasteiger partial charge in [-0.3, -0.25) is 0 Å². The molecule has 284 valence electrons. The van der Waals surface area contributed by atoms with Crippen molar-refractivity contribution in [1.29, 1.82) is 0 Å². The fourth-order valence-electron chi connectivity index (χ4n) is 5.04. The van der Waals surface area contributed by atoms with E-state index >= 15 is 0 Å². The minimum absolute atomic E-state index is 0.0370. The van der Waals surface area contributed by atoms with Crippen LogP contribution in [0.25, 0.3) is 0 Å². The lowest BCUT2D eigenvalue weighted by molar-refractivity contribution is 0.152. The Balaban J connectivity index is -0.000000104. The van der Waals surface area contributed by atoms with Gasteiger partial charge in [-0.1, -0.05) is 212 Å². The molecular weight excluding hydrogens is 556 g/mol. The Bertz CT molecular complexity index is 456. The first-order valence-electron chi connectivity index (χ1n) is 21.0. The van der Waals surface area contributed by atoms with Gasteiger partial charge in [0.05, 0.1) is 6.10 Å². The highest BCUT2D eigenvalue weighted by molar-refractivity contribution is 4.81. The summed E-state index contributed by atoms with van der Waals surface area (Å²) in [5.41, 5.74) is 0.764. The summed E-state index contributed by atoms with van der Waals surface area (Å²) < 4.78 is 0. The minimum Gasteiger partial charge on any atom is -0.393 e. The summed E-state index contributed by atoms with van der Waals surface area (Å²) in [5.74, 6) is 2.83. The molecule has 2 aliphatic rings. The second-order valence-corrected chi connectivity index (χ2v) is 13.4. The van der Waals surface area contributed by atoms with Crippen LogP contribution in [0.15, 0.2) is 25.3 Å². The fourth-order valence-corrected chi connectivity index (χ4v) is 5.04. The molecule has 0 saturated heterocycles. The molecule has 46 heavy (non-hydrogen) atoms. The highest BCUT2D eigenvalue weighted by Gasteiger charge is 2.28. The number of rotatable bonds is 17. The number of hydrogen-bond acceptors (Lipinski definition) is 1. The summed E-state index contributed by atoms with van der Waals surface area (Å²) in [6.45, 7) is 39.6. The van der Waals surface area contributed by atoms with Crippen LogP contribution in [0.3, 0.4) is 0 Å². The molecule has 0 bridgehead atoms. The van der Waals surface area contributed by atoms with Gasteiger partial charge in [-0.05, 0) is 61.7 Å². The maximum absolute atomic E-state index is 9.05. The highest BCUT2D eigenvalue weighted by atomic mass is 16.3. The Morgan fingerprint density at radius 1 is 0.630 bits per heavy atom. The predicted octanol–water partition coefficient (Wildman–Crippen LogP) is 17.0. The van der Waals surface area contributed by atoms with Crippen molar-refractivity contribution >= 4 is 0 Å². The zero-order valence-corrected chi connectivity index (χ0v) is 35.7. The van der Waals surface area contributed by atoms with Gasteiger partial charge in [0.2, 0.25) is 0 Å². The number of aliphatic hydroxyl groups is 1. The van der Waals surface area contributed by atoms with Crippen LogP contribution in [0.5, 0.6) is 0 Å². The molecular formula is C45H98O. The summed E-state index contributed by atoms with van der Waals surface area (Å²) in [6.07, 6.45) is 31.8. The third-order valence-corrected chi connectivity index (χ3v) is 8.82. The molecule has 0 aliphatic heterocycles. The van der Waals surface area contributed by atoms with Crippen molar-refractivity contribution in [3.8, 4) is 0 Å². The van der Waals surface area contributed by atoms with E-state index in [1.165, 1.54) is 109 Å². The van der Waals surface area contributed by atoms with Gasteiger partial charge in [-0.15, -0.1) is 13.2 Å². The van der Waals surface area contributed by atoms with E-state index in [9.17, 15) is 0 Å². The van der Waals surface area contributed by atoms with E-state index < -0.39 is 0 Å². The first kappa shape index (κ1) is 57.7. The van der Waals surface area contributed by atoms with Crippen molar-refractivity contribution in [3.63, 3.8) is 0 Å². The lowest BCUT2D eigenvalue weighted by Crippen LogP contribution is -2.23. The van der Waals surface area contributed by atoms with Gasteiger partial charge in [0.1, 0.15) is 0 Å². The van der Waals surface area contributed by atoms with E-state index in [4.69, 9.17) is 5.11 Å². The molecule has 2 fully saturated rings. The molecule has 1 N–H and O–H groups in total. The zero-order chi connectivity index (χ0) is 37.1. The van der Waals surface area contributed by atoms with Gasteiger partial charge < -0.3 is 5.11 Å². The third kappa shape index (κ3) is 50.3. The first-order valence-corrected chi connectivity index (χ1v) is 21.0. The molecule has 1 heteroatoms. The summed E-state index contributed by atoms with van der Waals surface area (Å²) in [6, 6.07) is 0. The Hall–Kier alpha value is -0.560. The van der Waals surface area contributed by atoms with E-state index in [1.807, 2.05) is 53.7 Å². The van der Waals surface area contributed by atoms with Crippen LogP contribution in [0, 0.1) is 23.2 Å². The molecule has 2 unspecified atom stereocenters. The molecule has 2 aliphatic carbocycles. The van der Waals surface area contributed by atoms with E-state index in [0.717, 1.165) is 48.9 Å². The van der Waals surface area contributed by atoms with Gasteiger partial charge in [-0.25, -0.2) is 0 Å². The number of aliphatic hydroxyl groups excluding tert-OH is 1. The second-order valence-electron chi connectivity index (χ2n) is 13.4. The normalized spacial score (nSPS) is 14.7. The van der Waals surface area contributed by atoms with Crippen LogP contribution in [-0.4, -0.2) is 11.2 Å². The van der Waals surface area contributed by atoms with Crippen molar-refractivity contribution in [2.75, 3.05) is 0 Å². The number of hydrogen-bond donors (Lipinski definition) is 1. The average Bonchev–Trinajstić information content (AvgIpc) is 3.04. The first-order chi connectivity index (χ1) is 22.1. The smallest absolute Gasteiger partial charge is 0.0540 e. The minimum atomic E-state index is -0.0370. The predicted molar refractivity (Wildman–Crippen MR) is 221 cm³/mol.